The second-order valence-corrected chi connectivity index (χ2v) is 17.7. The third kappa shape index (κ3) is 10.7. The first-order valence-corrected chi connectivity index (χ1v) is 22.4. The monoisotopic (exact) mass is 998 g/mol. The van der Waals surface area contributed by atoms with Gasteiger partial charge in [-0.3, -0.25) is 0 Å². The van der Waals surface area contributed by atoms with Gasteiger partial charge >= 0.3 is 0 Å². The quantitative estimate of drug-likeness (QED) is 0.107. The Morgan fingerprint density at radius 3 is 0.721 bits per heavy atom. The fraction of sp³-hybridized carbons (Fsp3) is 1.00. The fourth-order valence-electron chi connectivity index (χ4n) is 9.45. The number of hydrogen-bond acceptors (Lipinski definition) is 29. The van der Waals surface area contributed by atoms with Crippen molar-refractivity contribution in [2.75, 3.05) is 40.1 Å². The van der Waals surface area contributed by atoms with Crippen molar-refractivity contribution >= 4 is 0 Å². The molecular formula is C39H66O29. The normalized spacial score (nSPS) is 54.1. The summed E-state index contributed by atoms with van der Waals surface area (Å²) in [6, 6.07) is 0. The van der Waals surface area contributed by atoms with Gasteiger partial charge in [-0.05, 0) is 6.42 Å². The van der Waals surface area contributed by atoms with E-state index >= 15 is 0 Å². The summed E-state index contributed by atoms with van der Waals surface area (Å²) in [7, 11) is 1.25. The zero-order valence-electron chi connectivity index (χ0n) is 36.7. The van der Waals surface area contributed by atoms with Crippen LogP contribution in [0, 0.1) is 0 Å². The van der Waals surface area contributed by atoms with E-state index in [9.17, 15) is 81.7 Å². The zero-order valence-corrected chi connectivity index (χ0v) is 36.7. The highest BCUT2D eigenvalue weighted by atomic mass is 16.8. The molecule has 0 aromatic carbocycles. The van der Waals surface area contributed by atoms with Crippen LogP contribution in [0.5, 0.6) is 0 Å². The molecule has 396 valence electrons. The maximum Gasteiger partial charge on any atom is 0.187 e. The van der Waals surface area contributed by atoms with Crippen molar-refractivity contribution in [3.05, 3.63) is 0 Å². The molecule has 22 heterocycles. The van der Waals surface area contributed by atoms with E-state index in [1.54, 1.807) is 6.92 Å². The molecule has 0 radical (unpaired) electrons. The third-order valence-electron chi connectivity index (χ3n) is 13.2. The third-order valence-corrected chi connectivity index (χ3v) is 13.2. The summed E-state index contributed by atoms with van der Waals surface area (Å²) in [4.78, 5) is 0. The van der Waals surface area contributed by atoms with Crippen LogP contribution in [-0.4, -0.2) is 306 Å². The smallest absolute Gasteiger partial charge is 0.187 e. The Kier molecular flexibility index (Phi) is 18.8. The minimum atomic E-state index is -2.12. The van der Waals surface area contributed by atoms with Crippen LogP contribution in [0.25, 0.3) is 0 Å². The summed E-state index contributed by atoms with van der Waals surface area (Å²) in [6.07, 6.45) is -54.8. The lowest BCUT2D eigenvalue weighted by Gasteiger charge is -2.51. The number of aliphatic hydroxyl groups is 16. The van der Waals surface area contributed by atoms with Crippen LogP contribution in [0.3, 0.4) is 0 Å². The molecule has 0 aromatic rings. The number of hydrogen-bond donors (Lipinski definition) is 16. The van der Waals surface area contributed by atoms with E-state index in [0.29, 0.717) is 6.42 Å². The average Bonchev–Trinajstić information content (AvgIpc) is 3.32. The lowest BCUT2D eigenvalue weighted by Crippen LogP contribution is -2.69. The molecule has 22 aliphatic rings. The van der Waals surface area contributed by atoms with Gasteiger partial charge in [-0.2, -0.15) is 0 Å². The Labute approximate surface area is 387 Å². The molecule has 68 heavy (non-hydrogen) atoms. The molecule has 22 fully saturated rings. The van der Waals surface area contributed by atoms with Crippen molar-refractivity contribution in [3.63, 3.8) is 0 Å². The van der Waals surface area contributed by atoms with E-state index in [1.807, 2.05) is 0 Å². The number of rotatable bonds is 8. The number of ether oxygens (including phenoxy) is 13. The first-order chi connectivity index (χ1) is 32.4. The van der Waals surface area contributed by atoms with Crippen LogP contribution in [-0.2, 0) is 61.6 Å². The molecule has 0 aromatic heterocycles. The second-order valence-electron chi connectivity index (χ2n) is 17.7. The molecule has 0 amide bonds. The van der Waals surface area contributed by atoms with Crippen LogP contribution < -0.4 is 0 Å². The van der Waals surface area contributed by atoms with E-state index in [2.05, 4.69) is 0 Å². The zero-order chi connectivity index (χ0) is 49.5. The molecule has 29 heteroatoms. The van der Waals surface area contributed by atoms with E-state index < -0.39 is 211 Å². The molecule has 22 aliphatic heterocycles. The van der Waals surface area contributed by atoms with Gasteiger partial charge in [0.15, 0.2) is 37.7 Å². The fourth-order valence-corrected chi connectivity index (χ4v) is 9.45. The van der Waals surface area contributed by atoms with Crippen LogP contribution >= 0.6 is 0 Å². The largest absolute Gasteiger partial charge is 0.394 e. The van der Waals surface area contributed by atoms with E-state index in [1.165, 1.54) is 7.11 Å². The van der Waals surface area contributed by atoms with Crippen LogP contribution in [0.1, 0.15) is 19.8 Å². The van der Waals surface area contributed by atoms with Crippen molar-refractivity contribution in [3.8, 4) is 0 Å². The minimum Gasteiger partial charge on any atom is -0.394 e. The maximum atomic E-state index is 11.5. The predicted octanol–water partition coefficient (Wildman–Crippen LogP) is -10.6. The van der Waals surface area contributed by atoms with Crippen molar-refractivity contribution < 1.29 is 143 Å². The van der Waals surface area contributed by atoms with E-state index in [0.717, 1.165) is 0 Å². The van der Waals surface area contributed by atoms with E-state index in [-0.39, 0.29) is 13.0 Å². The summed E-state index contributed by atoms with van der Waals surface area (Å²) in [5.74, 6) is 0. The molecule has 22 saturated heterocycles. The topological polar surface area (TPSA) is 444 Å². The highest BCUT2D eigenvalue weighted by Crippen LogP contribution is 2.38. The van der Waals surface area contributed by atoms with Gasteiger partial charge in [0.1, 0.15) is 140 Å². The van der Waals surface area contributed by atoms with Gasteiger partial charge in [-0.1, -0.05) is 13.3 Å². The molecule has 29 nitrogen and oxygen atoms in total. The molecular weight excluding hydrogens is 932 g/mol. The van der Waals surface area contributed by atoms with Gasteiger partial charge in [0.25, 0.3) is 0 Å². The molecule has 0 aliphatic carbocycles. The lowest BCUT2D eigenvalue weighted by molar-refractivity contribution is -0.403. The van der Waals surface area contributed by atoms with Gasteiger partial charge in [-0.15, -0.1) is 0 Å². The SMILES string of the molecule is CCCC1OC2OC3C(COC)OC(OC4C(CO)OC(OC5C(CO)OC(OC6C(CO)OC(OC7C(CO)OC(OC1C(O)C2O)C(O)C7O)C(O)C6O)C(O)C5O)C(O)C4O)C(O)C3O. The van der Waals surface area contributed by atoms with Gasteiger partial charge in [0.2, 0.25) is 0 Å². The first kappa shape index (κ1) is 54.6. The predicted molar refractivity (Wildman–Crippen MR) is 208 cm³/mol. The summed E-state index contributed by atoms with van der Waals surface area (Å²) in [5, 5.41) is 177. The standard InChI is InChI=1S/C39H66O29/c1-3-4-10-28-16(44)22(50)34(57-10)68-33-15(9-56-2)62-39(27(55)21(33)49)67-32-14(8-43)61-38(26(54)20(32)48)66-31-13(7-42)60-37(25(53)19(31)47)65-30-12(6-41)59-36(24(52)18(30)46)64-29-11(5-40)58-35(63-28)23(51)17(29)45/h10-55H,3-9H2,1-2H3. The molecule has 12 bridgehead atoms. The molecule has 16 N–H and O–H groups in total. The highest BCUT2D eigenvalue weighted by Gasteiger charge is 2.58. The van der Waals surface area contributed by atoms with Gasteiger partial charge in [0.05, 0.1) is 39.1 Å². The molecule has 30 atom stereocenters. The highest BCUT2D eigenvalue weighted by molar-refractivity contribution is 5.01. The number of aliphatic hydroxyl groups excluding tert-OH is 16. The lowest BCUT2D eigenvalue weighted by atomic mass is 9.94. The van der Waals surface area contributed by atoms with Crippen LogP contribution in [0.2, 0.25) is 0 Å². The Morgan fingerprint density at radius 1 is 0.294 bits per heavy atom. The van der Waals surface area contributed by atoms with Crippen molar-refractivity contribution in [1.29, 1.82) is 0 Å². The number of methoxy groups -OCH3 is 1. The Hall–Kier alpha value is -1.16. The Balaban J connectivity index is 1.20. The maximum absolute atomic E-state index is 11.5. The summed E-state index contributed by atoms with van der Waals surface area (Å²) in [5.41, 5.74) is 0. The van der Waals surface area contributed by atoms with Crippen molar-refractivity contribution in [2.24, 2.45) is 0 Å². The summed E-state index contributed by atoms with van der Waals surface area (Å²) < 4.78 is 75.0. The van der Waals surface area contributed by atoms with Crippen molar-refractivity contribution in [2.45, 2.75) is 204 Å². The van der Waals surface area contributed by atoms with E-state index in [4.69, 9.17) is 61.6 Å². The molecule has 30 unspecified atom stereocenters. The van der Waals surface area contributed by atoms with Crippen molar-refractivity contribution in [1.82, 2.24) is 0 Å². The van der Waals surface area contributed by atoms with Gasteiger partial charge < -0.3 is 143 Å². The Bertz CT molecular complexity index is 1540. The first-order valence-electron chi connectivity index (χ1n) is 22.4. The molecule has 22 rings (SSSR count). The van der Waals surface area contributed by atoms with Crippen LogP contribution in [0.15, 0.2) is 0 Å². The van der Waals surface area contributed by atoms with Crippen LogP contribution in [0.4, 0.5) is 0 Å². The van der Waals surface area contributed by atoms with Gasteiger partial charge in [0, 0.05) is 7.11 Å². The molecule has 0 spiro atoms. The van der Waals surface area contributed by atoms with Gasteiger partial charge in [-0.25, -0.2) is 0 Å². The summed E-state index contributed by atoms with van der Waals surface area (Å²) >= 11 is 0. The average molecular weight is 999 g/mol. The minimum absolute atomic E-state index is 0.0964. The Morgan fingerprint density at radius 2 is 0.500 bits per heavy atom. The summed E-state index contributed by atoms with van der Waals surface area (Å²) in [6.45, 7) is -2.48. The molecule has 0 saturated carbocycles. The second kappa shape index (κ2) is 23.4.